The van der Waals surface area contributed by atoms with Crippen LogP contribution in [0.25, 0.3) is 0 Å². The minimum absolute atomic E-state index is 0.460. The molecule has 1 atom stereocenters. The van der Waals surface area contributed by atoms with Crippen molar-refractivity contribution < 1.29 is 0 Å². The first-order valence-electron chi connectivity index (χ1n) is 7.37. The summed E-state index contributed by atoms with van der Waals surface area (Å²) in [7, 11) is 0. The summed E-state index contributed by atoms with van der Waals surface area (Å²) in [5, 5.41) is 3.91. The number of hydrogen-bond donors (Lipinski definition) is 1. The summed E-state index contributed by atoms with van der Waals surface area (Å²) in [5.41, 5.74) is 2.41. The van der Waals surface area contributed by atoms with Gasteiger partial charge < -0.3 is 5.32 Å². The number of aryl methyl sites for hydroxylation is 1. The van der Waals surface area contributed by atoms with Crippen LogP contribution in [0, 0.1) is 6.92 Å². The van der Waals surface area contributed by atoms with Crippen LogP contribution in [0.15, 0.2) is 0 Å². The van der Waals surface area contributed by atoms with Crippen LogP contribution in [0.1, 0.15) is 68.3 Å². The summed E-state index contributed by atoms with van der Waals surface area (Å²) in [6.45, 7) is 9.57. The Hall–Kier alpha value is -0.770. The van der Waals surface area contributed by atoms with E-state index in [1.165, 1.54) is 30.6 Å². The van der Waals surface area contributed by atoms with Gasteiger partial charge in [0.05, 0.1) is 5.25 Å². The molecule has 1 aromatic heterocycles. The Morgan fingerprint density at radius 2 is 2.11 bits per heavy atom. The molecular formula is C15H25N3S. The van der Waals surface area contributed by atoms with Gasteiger partial charge in [-0.15, -0.1) is 0 Å². The van der Waals surface area contributed by atoms with Gasteiger partial charge in [0.1, 0.15) is 11.6 Å². The fraction of sp³-hybridized carbons (Fsp3) is 0.733. The lowest BCUT2D eigenvalue weighted by Gasteiger charge is -2.23. The van der Waals surface area contributed by atoms with Gasteiger partial charge in [-0.2, -0.15) is 11.8 Å². The first-order chi connectivity index (χ1) is 9.13. The molecule has 0 saturated carbocycles. The highest BCUT2D eigenvalue weighted by molar-refractivity contribution is 7.99. The van der Waals surface area contributed by atoms with Crippen molar-refractivity contribution in [3.63, 3.8) is 0 Å². The molecule has 1 unspecified atom stereocenters. The van der Waals surface area contributed by atoms with Crippen molar-refractivity contribution in [3.8, 4) is 0 Å². The molecule has 1 aliphatic heterocycles. The van der Waals surface area contributed by atoms with Crippen molar-refractivity contribution in [2.45, 2.75) is 58.1 Å². The summed E-state index contributed by atoms with van der Waals surface area (Å²) in [5.74, 6) is 3.78. The Morgan fingerprint density at radius 3 is 2.68 bits per heavy atom. The molecule has 1 N–H and O–H groups in total. The fourth-order valence-corrected chi connectivity index (χ4v) is 3.93. The number of aromatic nitrogens is 2. The predicted octanol–water partition coefficient (Wildman–Crippen LogP) is 4.30. The lowest BCUT2D eigenvalue weighted by molar-refractivity contribution is 0.657. The topological polar surface area (TPSA) is 37.8 Å². The van der Waals surface area contributed by atoms with E-state index in [-0.39, 0.29) is 0 Å². The van der Waals surface area contributed by atoms with Crippen LogP contribution < -0.4 is 5.32 Å². The van der Waals surface area contributed by atoms with Crippen LogP contribution in [-0.2, 0) is 0 Å². The zero-order valence-electron chi connectivity index (χ0n) is 12.5. The van der Waals surface area contributed by atoms with Gasteiger partial charge in [0.25, 0.3) is 0 Å². The average molecular weight is 279 g/mol. The summed E-state index contributed by atoms with van der Waals surface area (Å²) in [6, 6.07) is 0. The van der Waals surface area contributed by atoms with E-state index in [1.807, 2.05) is 11.8 Å². The normalized spacial score (nSPS) is 19.7. The highest BCUT2D eigenvalue weighted by Gasteiger charge is 2.22. The van der Waals surface area contributed by atoms with Crippen molar-refractivity contribution in [2.75, 3.05) is 17.6 Å². The average Bonchev–Trinajstić information content (AvgIpc) is 2.39. The van der Waals surface area contributed by atoms with Crippen LogP contribution >= 0.6 is 11.8 Å². The smallest absolute Gasteiger partial charge is 0.143 e. The molecule has 0 spiro atoms. The Balaban J connectivity index is 2.35. The monoisotopic (exact) mass is 279 g/mol. The second kappa shape index (κ2) is 6.60. The van der Waals surface area contributed by atoms with Gasteiger partial charge in [-0.3, -0.25) is 0 Å². The van der Waals surface area contributed by atoms with Gasteiger partial charge in [0, 0.05) is 17.8 Å². The lowest BCUT2D eigenvalue weighted by Crippen LogP contribution is -2.14. The highest BCUT2D eigenvalue weighted by atomic mass is 32.2. The van der Waals surface area contributed by atoms with Crippen molar-refractivity contribution in [3.05, 3.63) is 17.1 Å². The van der Waals surface area contributed by atoms with Gasteiger partial charge >= 0.3 is 0 Å². The van der Waals surface area contributed by atoms with E-state index in [0.29, 0.717) is 11.2 Å². The molecule has 0 aromatic carbocycles. The maximum atomic E-state index is 4.83. The molecule has 1 aromatic rings. The van der Waals surface area contributed by atoms with Crippen LogP contribution in [0.2, 0.25) is 0 Å². The molecule has 0 amide bonds. The quantitative estimate of drug-likeness (QED) is 0.891. The largest absolute Gasteiger partial charge is 0.370 e. The standard InChI is InChI=1S/C15H25N3S/c1-5-16-15-13(10(2)3)11(4)17-14(18-15)12-8-6-7-9-19-12/h10,12H,5-9H2,1-4H3,(H,16,17,18). The third-order valence-electron chi connectivity index (χ3n) is 3.54. The molecular weight excluding hydrogens is 254 g/mol. The molecule has 1 fully saturated rings. The number of rotatable bonds is 4. The number of hydrogen-bond acceptors (Lipinski definition) is 4. The third-order valence-corrected chi connectivity index (χ3v) is 4.92. The van der Waals surface area contributed by atoms with Crippen LogP contribution in [0.4, 0.5) is 5.82 Å². The molecule has 0 radical (unpaired) electrons. The van der Waals surface area contributed by atoms with E-state index in [9.17, 15) is 0 Å². The van der Waals surface area contributed by atoms with Crippen molar-refractivity contribution in [1.29, 1.82) is 0 Å². The number of nitrogens with zero attached hydrogens (tertiary/aromatic N) is 2. The van der Waals surface area contributed by atoms with E-state index in [0.717, 1.165) is 23.9 Å². The highest BCUT2D eigenvalue weighted by Crippen LogP contribution is 2.38. The third kappa shape index (κ3) is 3.41. The van der Waals surface area contributed by atoms with Crippen LogP contribution in [0.3, 0.4) is 0 Å². The molecule has 0 aliphatic carbocycles. The first-order valence-corrected chi connectivity index (χ1v) is 8.42. The molecule has 3 nitrogen and oxygen atoms in total. The molecule has 4 heteroatoms. The number of anilines is 1. The molecule has 1 saturated heterocycles. The SMILES string of the molecule is CCNc1nc(C2CCCCS2)nc(C)c1C(C)C. The van der Waals surface area contributed by atoms with Crippen molar-refractivity contribution >= 4 is 17.6 Å². The minimum Gasteiger partial charge on any atom is -0.370 e. The molecule has 106 valence electrons. The fourth-order valence-electron chi connectivity index (χ4n) is 2.68. The van der Waals surface area contributed by atoms with Crippen molar-refractivity contribution in [1.82, 2.24) is 9.97 Å². The Morgan fingerprint density at radius 1 is 1.32 bits per heavy atom. The van der Waals surface area contributed by atoms with E-state index >= 15 is 0 Å². The second-order valence-electron chi connectivity index (χ2n) is 5.47. The zero-order chi connectivity index (χ0) is 13.8. The molecule has 0 bridgehead atoms. The summed E-state index contributed by atoms with van der Waals surface area (Å²) in [4.78, 5) is 9.61. The van der Waals surface area contributed by atoms with Gasteiger partial charge in [0.15, 0.2) is 0 Å². The second-order valence-corrected chi connectivity index (χ2v) is 6.78. The Labute approximate surface area is 121 Å². The van der Waals surface area contributed by atoms with E-state index < -0.39 is 0 Å². The molecule has 1 aliphatic rings. The first kappa shape index (κ1) is 14.6. The Bertz CT molecular complexity index is 426. The van der Waals surface area contributed by atoms with Crippen LogP contribution in [0.5, 0.6) is 0 Å². The van der Waals surface area contributed by atoms with E-state index in [1.54, 1.807) is 0 Å². The maximum Gasteiger partial charge on any atom is 0.143 e. The van der Waals surface area contributed by atoms with E-state index in [4.69, 9.17) is 9.97 Å². The lowest BCUT2D eigenvalue weighted by atomic mass is 10.0. The number of nitrogens with one attached hydrogen (secondary N) is 1. The molecule has 19 heavy (non-hydrogen) atoms. The van der Waals surface area contributed by atoms with E-state index in [2.05, 4.69) is 33.0 Å². The summed E-state index contributed by atoms with van der Waals surface area (Å²) in [6.07, 6.45) is 3.86. The van der Waals surface area contributed by atoms with Gasteiger partial charge in [-0.25, -0.2) is 9.97 Å². The van der Waals surface area contributed by atoms with Crippen LogP contribution in [-0.4, -0.2) is 22.3 Å². The van der Waals surface area contributed by atoms with Gasteiger partial charge in [0.2, 0.25) is 0 Å². The summed E-state index contributed by atoms with van der Waals surface area (Å²) < 4.78 is 0. The van der Waals surface area contributed by atoms with Gasteiger partial charge in [-0.05, 0) is 38.4 Å². The molecule has 2 heterocycles. The number of thioether (sulfide) groups is 1. The zero-order valence-corrected chi connectivity index (χ0v) is 13.3. The minimum atomic E-state index is 0.460. The van der Waals surface area contributed by atoms with Gasteiger partial charge in [-0.1, -0.05) is 20.3 Å². The molecule has 2 rings (SSSR count). The predicted molar refractivity (Wildman–Crippen MR) is 84.1 cm³/mol. The Kier molecular flexibility index (Phi) is 5.08. The summed E-state index contributed by atoms with van der Waals surface area (Å²) >= 11 is 2.01. The van der Waals surface area contributed by atoms with Crippen molar-refractivity contribution in [2.24, 2.45) is 0 Å². The maximum absolute atomic E-state index is 4.83.